The number of nitrogens with zero attached hydrogens (tertiary/aromatic N) is 1. The van der Waals surface area contributed by atoms with Crippen LogP contribution in [-0.2, 0) is 16.0 Å². The van der Waals surface area contributed by atoms with Crippen LogP contribution in [0.1, 0.15) is 5.56 Å². The summed E-state index contributed by atoms with van der Waals surface area (Å²) in [5, 5.41) is 0. The molecule has 0 radical (unpaired) electrons. The van der Waals surface area contributed by atoms with E-state index in [1.807, 2.05) is 6.07 Å². The number of hydrogen-bond donors (Lipinski definition) is 1. The minimum Gasteiger partial charge on any atom is -0.495 e. The Bertz CT molecular complexity index is 256. The monoisotopic (exact) mass is 227 g/mol. The Morgan fingerprint density at radius 3 is 2.31 bits per heavy atom. The first-order valence-electron chi connectivity index (χ1n) is 5.30. The molecule has 1 fully saturated rings. The van der Waals surface area contributed by atoms with Crippen molar-refractivity contribution in [3.8, 4) is 5.75 Å². The van der Waals surface area contributed by atoms with Crippen LogP contribution in [0.15, 0.2) is 18.5 Å². The van der Waals surface area contributed by atoms with E-state index in [1.165, 1.54) is 0 Å². The number of quaternary nitrogens is 1. The van der Waals surface area contributed by atoms with Crippen molar-refractivity contribution in [3.63, 3.8) is 0 Å². The molecule has 0 aromatic carbocycles. The highest BCUT2D eigenvalue weighted by Crippen LogP contribution is 2.13. The molecule has 3 N–H and O–H groups in total. The van der Waals surface area contributed by atoms with Crippen molar-refractivity contribution in [1.82, 2.24) is 4.98 Å². The van der Waals surface area contributed by atoms with Gasteiger partial charge in [-0.25, -0.2) is 0 Å². The molecule has 1 aliphatic heterocycles. The van der Waals surface area contributed by atoms with Crippen LogP contribution < -0.4 is 10.5 Å². The molecule has 2 heterocycles. The maximum Gasteiger partial charge on any atom is 0.145 e. The van der Waals surface area contributed by atoms with E-state index in [4.69, 9.17) is 14.2 Å². The van der Waals surface area contributed by atoms with Gasteiger partial charge in [-0.15, -0.1) is 0 Å². The summed E-state index contributed by atoms with van der Waals surface area (Å²) < 4.78 is 14.9. The van der Waals surface area contributed by atoms with Gasteiger partial charge < -0.3 is 19.9 Å². The molecule has 1 aromatic rings. The molecule has 0 bridgehead atoms. The van der Waals surface area contributed by atoms with Gasteiger partial charge in [0, 0.05) is 6.20 Å². The van der Waals surface area contributed by atoms with Crippen LogP contribution in [0.4, 0.5) is 0 Å². The largest absolute Gasteiger partial charge is 0.495 e. The fourth-order valence-electron chi connectivity index (χ4n) is 1.24. The third-order valence-electron chi connectivity index (χ3n) is 2.10. The summed E-state index contributed by atoms with van der Waals surface area (Å²) in [4.78, 5) is 3.91. The van der Waals surface area contributed by atoms with Crippen molar-refractivity contribution >= 4 is 0 Å². The molecule has 1 aromatic heterocycles. The maximum atomic E-state index is 5.03. The van der Waals surface area contributed by atoms with Crippen molar-refractivity contribution in [1.29, 1.82) is 0 Å². The third-order valence-corrected chi connectivity index (χ3v) is 2.10. The number of aromatic nitrogens is 1. The Morgan fingerprint density at radius 2 is 1.94 bits per heavy atom. The molecule has 5 nitrogen and oxygen atoms in total. The minimum absolute atomic E-state index is 0.742. The first-order valence-corrected chi connectivity index (χ1v) is 5.30. The van der Waals surface area contributed by atoms with Gasteiger partial charge >= 0.3 is 0 Å². The molecule has 0 unspecified atom stereocenters. The van der Waals surface area contributed by atoms with E-state index in [2.05, 4.69) is 10.7 Å². The van der Waals surface area contributed by atoms with Crippen LogP contribution in [0, 0.1) is 0 Å². The van der Waals surface area contributed by atoms with Crippen molar-refractivity contribution in [3.05, 3.63) is 24.0 Å². The number of ether oxygens (including phenoxy) is 3. The van der Waals surface area contributed by atoms with Crippen molar-refractivity contribution in [2.24, 2.45) is 0 Å². The van der Waals surface area contributed by atoms with Crippen molar-refractivity contribution < 1.29 is 19.9 Å². The van der Waals surface area contributed by atoms with Gasteiger partial charge in [0.2, 0.25) is 0 Å². The number of pyridine rings is 1. The van der Waals surface area contributed by atoms with Crippen LogP contribution >= 0.6 is 0 Å². The second-order valence-corrected chi connectivity index (χ2v) is 3.16. The zero-order valence-electron chi connectivity index (χ0n) is 9.65. The Morgan fingerprint density at radius 1 is 1.31 bits per heavy atom. The molecule has 0 amide bonds. The highest BCUT2D eigenvalue weighted by atomic mass is 16.6. The highest BCUT2D eigenvalue weighted by Gasteiger charge is 1.99. The predicted molar refractivity (Wildman–Crippen MR) is 59.0 cm³/mol. The van der Waals surface area contributed by atoms with Gasteiger partial charge in [0.25, 0.3) is 0 Å². The molecule has 0 aliphatic carbocycles. The molecular weight excluding hydrogens is 208 g/mol. The number of hydrogen-bond acceptors (Lipinski definition) is 4. The minimum atomic E-state index is 0.742. The fourth-order valence-corrected chi connectivity index (χ4v) is 1.24. The Kier molecular flexibility index (Phi) is 6.48. The molecule has 0 saturated carbocycles. The summed E-state index contributed by atoms with van der Waals surface area (Å²) in [6, 6.07) is 1.91. The third kappa shape index (κ3) is 4.57. The summed E-state index contributed by atoms with van der Waals surface area (Å²) in [5.41, 5.74) is 4.85. The van der Waals surface area contributed by atoms with Crippen LogP contribution in [0.2, 0.25) is 0 Å². The van der Waals surface area contributed by atoms with E-state index in [9.17, 15) is 0 Å². The van der Waals surface area contributed by atoms with E-state index in [-0.39, 0.29) is 0 Å². The van der Waals surface area contributed by atoms with Crippen LogP contribution in [0.3, 0.4) is 0 Å². The smallest absolute Gasteiger partial charge is 0.145 e. The lowest BCUT2D eigenvalue weighted by Gasteiger charge is -2.09. The first kappa shape index (κ1) is 12.9. The standard InChI is InChI=1S/C7H10N2O.C4H8O2/c1-10-7-5-9-3-2-6(7)4-8;1-2-6-4-3-5-1/h2-3,5H,4,8H2,1H3;1-4H2/p+1. The van der Waals surface area contributed by atoms with Gasteiger partial charge in [-0.2, -0.15) is 0 Å². The summed E-state index contributed by atoms with van der Waals surface area (Å²) in [6.07, 6.45) is 3.43. The van der Waals surface area contributed by atoms with Crippen LogP contribution in [-0.4, -0.2) is 38.5 Å². The highest BCUT2D eigenvalue weighted by molar-refractivity contribution is 5.28. The quantitative estimate of drug-likeness (QED) is 0.764. The molecule has 0 spiro atoms. The molecule has 0 atom stereocenters. The summed E-state index contributed by atoms with van der Waals surface area (Å²) in [7, 11) is 1.64. The Hall–Kier alpha value is -1.17. The fraction of sp³-hybridized carbons (Fsp3) is 0.545. The van der Waals surface area contributed by atoms with E-state index < -0.39 is 0 Å². The summed E-state index contributed by atoms with van der Waals surface area (Å²) >= 11 is 0. The van der Waals surface area contributed by atoms with Crippen LogP contribution in [0.5, 0.6) is 5.75 Å². The topological polar surface area (TPSA) is 68.2 Å². The van der Waals surface area contributed by atoms with E-state index in [1.54, 1.807) is 19.5 Å². The van der Waals surface area contributed by atoms with E-state index >= 15 is 0 Å². The van der Waals surface area contributed by atoms with Gasteiger partial charge in [-0.1, -0.05) is 0 Å². The second kappa shape index (κ2) is 8.04. The molecule has 5 heteroatoms. The Balaban J connectivity index is 0.000000181. The molecule has 1 aliphatic rings. The number of methoxy groups -OCH3 is 1. The lowest BCUT2D eigenvalue weighted by molar-refractivity contribution is -0.386. The zero-order valence-corrected chi connectivity index (χ0v) is 9.65. The van der Waals surface area contributed by atoms with Gasteiger partial charge in [0.1, 0.15) is 12.3 Å². The summed E-state index contributed by atoms with van der Waals surface area (Å²) in [5.74, 6) is 0.817. The average molecular weight is 227 g/mol. The Labute approximate surface area is 95.5 Å². The van der Waals surface area contributed by atoms with Crippen molar-refractivity contribution in [2.45, 2.75) is 6.54 Å². The van der Waals surface area contributed by atoms with Gasteiger partial charge in [-0.3, -0.25) is 4.98 Å². The van der Waals surface area contributed by atoms with Crippen molar-refractivity contribution in [2.75, 3.05) is 33.5 Å². The molecule has 16 heavy (non-hydrogen) atoms. The molecule has 1 saturated heterocycles. The lowest BCUT2D eigenvalue weighted by Crippen LogP contribution is -2.47. The second-order valence-electron chi connectivity index (χ2n) is 3.16. The van der Waals surface area contributed by atoms with E-state index in [0.29, 0.717) is 0 Å². The maximum absolute atomic E-state index is 5.03. The average Bonchev–Trinajstić information content (AvgIpc) is 2.41. The molecule has 2 rings (SSSR count). The first-order chi connectivity index (χ1) is 7.88. The predicted octanol–water partition coefficient (Wildman–Crippen LogP) is -0.135. The molecule has 90 valence electrons. The zero-order chi connectivity index (χ0) is 11.6. The van der Waals surface area contributed by atoms with Gasteiger partial charge in [-0.05, 0) is 6.07 Å². The molecular formula is C11H19N2O3+. The van der Waals surface area contributed by atoms with Crippen LogP contribution in [0.25, 0.3) is 0 Å². The van der Waals surface area contributed by atoms with E-state index in [0.717, 1.165) is 44.3 Å². The normalized spacial score (nSPS) is 14.9. The lowest BCUT2D eigenvalue weighted by atomic mass is 10.2. The number of rotatable bonds is 2. The van der Waals surface area contributed by atoms with Gasteiger partial charge in [0.15, 0.2) is 0 Å². The van der Waals surface area contributed by atoms with Gasteiger partial charge in [0.05, 0.1) is 45.3 Å². The summed E-state index contributed by atoms with van der Waals surface area (Å²) in [6.45, 7) is 3.85. The SMILES string of the molecule is C1COCCO1.COc1cnccc1C[NH3+].